The van der Waals surface area contributed by atoms with Crippen molar-refractivity contribution in [3.63, 3.8) is 0 Å². The summed E-state index contributed by atoms with van der Waals surface area (Å²) in [5.41, 5.74) is 0. The molecule has 3 unspecified atom stereocenters. The van der Waals surface area contributed by atoms with Crippen molar-refractivity contribution in [2.75, 3.05) is 6.61 Å². The van der Waals surface area contributed by atoms with Crippen molar-refractivity contribution in [2.24, 2.45) is 17.8 Å². The van der Waals surface area contributed by atoms with E-state index in [-0.39, 0.29) is 18.6 Å². The third-order valence-corrected chi connectivity index (χ3v) is 5.48. The highest BCUT2D eigenvalue weighted by atomic mass is 16.3. The summed E-state index contributed by atoms with van der Waals surface area (Å²) in [6.07, 6.45) is 17.9. The lowest BCUT2D eigenvalue weighted by atomic mass is 9.86. The van der Waals surface area contributed by atoms with E-state index in [0.29, 0.717) is 24.7 Å². The lowest BCUT2D eigenvalue weighted by Gasteiger charge is -2.18. The second-order valence-electron chi connectivity index (χ2n) is 7.64. The second-order valence-corrected chi connectivity index (χ2v) is 7.64. The largest absolute Gasteiger partial charge is 0.394 e. The van der Waals surface area contributed by atoms with E-state index in [9.17, 15) is 15.0 Å². The molecule has 1 aliphatic rings. The van der Waals surface area contributed by atoms with Crippen LogP contribution in [0.15, 0.2) is 24.3 Å². The van der Waals surface area contributed by atoms with Crippen molar-refractivity contribution in [1.82, 2.24) is 0 Å². The number of aldehydes is 1. The molecular formula is C22H38O4. The average Bonchev–Trinajstić information content (AvgIpc) is 3.04. The zero-order valence-electron chi connectivity index (χ0n) is 16.3. The van der Waals surface area contributed by atoms with Crippen LogP contribution in [0.5, 0.6) is 0 Å². The number of aliphatic hydroxyl groups is 3. The van der Waals surface area contributed by atoms with Crippen molar-refractivity contribution in [2.45, 2.75) is 83.3 Å². The highest BCUT2D eigenvalue weighted by Gasteiger charge is 2.33. The molecule has 0 aromatic carbocycles. The molecule has 1 rings (SSSR count). The molecule has 1 fully saturated rings. The molecular weight excluding hydrogens is 328 g/mol. The minimum absolute atomic E-state index is 0.135. The molecule has 0 amide bonds. The number of aliphatic hydroxyl groups excluding tert-OH is 3. The third-order valence-electron chi connectivity index (χ3n) is 5.48. The van der Waals surface area contributed by atoms with Gasteiger partial charge in [-0.25, -0.2) is 0 Å². The van der Waals surface area contributed by atoms with Gasteiger partial charge in [-0.05, 0) is 63.2 Å². The smallest absolute Gasteiger partial charge is 0.123 e. The minimum Gasteiger partial charge on any atom is -0.394 e. The fourth-order valence-corrected chi connectivity index (χ4v) is 3.79. The predicted octanol–water partition coefficient (Wildman–Crippen LogP) is 3.79. The Bertz CT molecular complexity index is 418. The quantitative estimate of drug-likeness (QED) is 0.248. The van der Waals surface area contributed by atoms with Gasteiger partial charge in [0.15, 0.2) is 0 Å². The van der Waals surface area contributed by atoms with Crippen LogP contribution in [0.1, 0.15) is 71.1 Å². The van der Waals surface area contributed by atoms with E-state index in [2.05, 4.69) is 31.2 Å². The number of allylic oxidation sites excluding steroid dienone is 3. The summed E-state index contributed by atoms with van der Waals surface area (Å²) in [5.74, 6) is 0.913. The molecule has 26 heavy (non-hydrogen) atoms. The molecule has 0 aromatic rings. The molecule has 0 spiro atoms. The van der Waals surface area contributed by atoms with E-state index in [1.54, 1.807) is 0 Å². The Balaban J connectivity index is 2.39. The molecule has 5 atom stereocenters. The molecule has 4 heteroatoms. The van der Waals surface area contributed by atoms with Crippen LogP contribution in [0.25, 0.3) is 0 Å². The first-order valence-electron chi connectivity index (χ1n) is 10.4. The van der Waals surface area contributed by atoms with Gasteiger partial charge in [0.05, 0.1) is 18.8 Å². The Morgan fingerprint density at radius 2 is 1.73 bits per heavy atom. The maximum atomic E-state index is 11.4. The zero-order chi connectivity index (χ0) is 19.2. The standard InChI is InChI=1S/C22H38O4/c1-2-3-10-20(25)12-8-9-18-14-15-19(16-23)22(18)13-7-5-4-6-11-21(26)17-24/h5,7-9,16,18-22,24-26H,2-4,6,10-15,17H2,1H3/t18-,19?,20?,21?,22+/m0/s1. The van der Waals surface area contributed by atoms with Crippen LogP contribution in [0.2, 0.25) is 0 Å². The Morgan fingerprint density at radius 3 is 2.42 bits per heavy atom. The minimum atomic E-state index is -0.611. The van der Waals surface area contributed by atoms with Gasteiger partial charge in [0.2, 0.25) is 0 Å². The van der Waals surface area contributed by atoms with E-state index in [0.717, 1.165) is 57.7 Å². The normalized spacial score (nSPS) is 25.9. The fraction of sp³-hybridized carbons (Fsp3) is 0.773. The Kier molecular flexibility index (Phi) is 12.5. The molecule has 0 aliphatic heterocycles. The van der Waals surface area contributed by atoms with Gasteiger partial charge in [-0.3, -0.25) is 0 Å². The van der Waals surface area contributed by atoms with Crippen molar-refractivity contribution in [1.29, 1.82) is 0 Å². The number of carbonyl (C=O) groups is 1. The van der Waals surface area contributed by atoms with Gasteiger partial charge in [-0.1, -0.05) is 44.1 Å². The number of hydrogen-bond acceptors (Lipinski definition) is 4. The molecule has 4 nitrogen and oxygen atoms in total. The first-order valence-corrected chi connectivity index (χ1v) is 10.4. The summed E-state index contributed by atoms with van der Waals surface area (Å²) in [5, 5.41) is 28.1. The lowest BCUT2D eigenvalue weighted by molar-refractivity contribution is -0.112. The van der Waals surface area contributed by atoms with Crippen LogP contribution >= 0.6 is 0 Å². The molecule has 1 aliphatic carbocycles. The predicted molar refractivity (Wildman–Crippen MR) is 106 cm³/mol. The number of carbonyl (C=O) groups excluding carboxylic acids is 1. The van der Waals surface area contributed by atoms with Gasteiger partial charge in [0.25, 0.3) is 0 Å². The van der Waals surface area contributed by atoms with Crippen molar-refractivity contribution < 1.29 is 20.1 Å². The second kappa shape index (κ2) is 14.1. The molecule has 0 saturated heterocycles. The van der Waals surface area contributed by atoms with Crippen molar-refractivity contribution in [3.05, 3.63) is 24.3 Å². The summed E-state index contributed by atoms with van der Waals surface area (Å²) in [6, 6.07) is 0. The van der Waals surface area contributed by atoms with E-state index in [4.69, 9.17) is 5.11 Å². The van der Waals surface area contributed by atoms with Crippen LogP contribution in [-0.2, 0) is 4.79 Å². The van der Waals surface area contributed by atoms with Gasteiger partial charge in [0.1, 0.15) is 6.29 Å². The van der Waals surface area contributed by atoms with Gasteiger partial charge < -0.3 is 20.1 Å². The summed E-state index contributed by atoms with van der Waals surface area (Å²) >= 11 is 0. The maximum Gasteiger partial charge on any atom is 0.123 e. The monoisotopic (exact) mass is 366 g/mol. The number of hydrogen-bond donors (Lipinski definition) is 3. The van der Waals surface area contributed by atoms with Gasteiger partial charge in [-0.2, -0.15) is 0 Å². The SMILES string of the molecule is CCCCC(O)CC=C[C@H]1CCC(C=O)[C@@H]1CC=CCCCC(O)CO. The van der Waals surface area contributed by atoms with E-state index in [1.807, 2.05) is 0 Å². The number of unbranched alkanes of at least 4 members (excludes halogenated alkanes) is 2. The average molecular weight is 367 g/mol. The highest BCUT2D eigenvalue weighted by Crippen LogP contribution is 2.39. The summed E-state index contributed by atoms with van der Waals surface area (Å²) in [7, 11) is 0. The van der Waals surface area contributed by atoms with E-state index in [1.165, 1.54) is 0 Å². The lowest BCUT2D eigenvalue weighted by Crippen LogP contribution is -2.14. The molecule has 0 heterocycles. The van der Waals surface area contributed by atoms with E-state index < -0.39 is 6.10 Å². The molecule has 0 bridgehead atoms. The Hall–Kier alpha value is -0.970. The first kappa shape index (κ1) is 23.1. The Labute approximate surface area is 159 Å². The van der Waals surface area contributed by atoms with Crippen LogP contribution in [-0.4, -0.2) is 40.4 Å². The van der Waals surface area contributed by atoms with Gasteiger partial charge in [0, 0.05) is 5.92 Å². The first-order chi connectivity index (χ1) is 12.6. The highest BCUT2D eigenvalue weighted by molar-refractivity contribution is 5.55. The van der Waals surface area contributed by atoms with E-state index >= 15 is 0 Å². The van der Waals surface area contributed by atoms with Crippen molar-refractivity contribution in [3.8, 4) is 0 Å². The molecule has 3 N–H and O–H groups in total. The van der Waals surface area contributed by atoms with Gasteiger partial charge in [-0.15, -0.1) is 0 Å². The molecule has 0 radical (unpaired) electrons. The topological polar surface area (TPSA) is 77.8 Å². The molecule has 150 valence electrons. The summed E-state index contributed by atoms with van der Waals surface area (Å²) in [4.78, 5) is 11.4. The van der Waals surface area contributed by atoms with Crippen LogP contribution in [0.3, 0.4) is 0 Å². The van der Waals surface area contributed by atoms with Gasteiger partial charge >= 0.3 is 0 Å². The molecule has 0 aromatic heterocycles. The summed E-state index contributed by atoms with van der Waals surface area (Å²) in [6.45, 7) is 1.96. The Morgan fingerprint density at radius 1 is 1.00 bits per heavy atom. The van der Waals surface area contributed by atoms with Crippen LogP contribution in [0.4, 0.5) is 0 Å². The summed E-state index contributed by atoms with van der Waals surface area (Å²) < 4.78 is 0. The molecule has 1 saturated carbocycles. The van der Waals surface area contributed by atoms with Crippen molar-refractivity contribution >= 4 is 6.29 Å². The zero-order valence-corrected chi connectivity index (χ0v) is 16.3. The third kappa shape index (κ3) is 9.11. The van der Waals surface area contributed by atoms with Crippen LogP contribution < -0.4 is 0 Å². The number of rotatable bonds is 14. The maximum absolute atomic E-state index is 11.4. The van der Waals surface area contributed by atoms with Crippen LogP contribution in [0, 0.1) is 17.8 Å². The fourth-order valence-electron chi connectivity index (χ4n) is 3.79.